The highest BCUT2D eigenvalue weighted by molar-refractivity contribution is 5.92. The molecule has 0 heterocycles. The third kappa shape index (κ3) is 4.55. The lowest BCUT2D eigenvalue weighted by atomic mass is 10.2. The van der Waals surface area contributed by atoms with Crippen molar-refractivity contribution >= 4 is 17.7 Å². The number of aliphatic hydroxyl groups excluding tert-OH is 1. The zero-order valence-corrected chi connectivity index (χ0v) is 10.3. The number of carbonyl (C=O) groups excluding carboxylic acids is 1. The molecule has 0 aliphatic rings. The lowest BCUT2D eigenvalue weighted by Gasteiger charge is -2.14. The molecule has 1 atom stereocenters. The molecule has 0 spiro atoms. The van der Waals surface area contributed by atoms with Crippen LogP contribution in [0.15, 0.2) is 18.2 Å². The molecule has 1 aromatic carbocycles. The summed E-state index contributed by atoms with van der Waals surface area (Å²) in [6, 6.07) is 2.09. The number of urea groups is 1. The molecular weight excluding hydrogens is 255 g/mol. The van der Waals surface area contributed by atoms with Gasteiger partial charge in [0.05, 0.1) is 0 Å². The topological polar surface area (TPSA) is 98.7 Å². The summed E-state index contributed by atoms with van der Waals surface area (Å²) in [5, 5.41) is 22.1. The van der Waals surface area contributed by atoms with Gasteiger partial charge in [-0.05, 0) is 30.7 Å². The molecular formula is C12H15FN2O4. The molecule has 6 nitrogen and oxygen atoms in total. The SMILES string of the molecule is Cc1cc(NC(=O)NC(CCO)C(=O)O)ccc1F. The first kappa shape index (κ1) is 14.9. The average Bonchev–Trinajstić information content (AvgIpc) is 2.33. The van der Waals surface area contributed by atoms with E-state index < -0.39 is 23.9 Å². The Bertz CT molecular complexity index is 479. The molecule has 0 aliphatic heterocycles. The molecule has 104 valence electrons. The summed E-state index contributed by atoms with van der Waals surface area (Å²) in [6.07, 6.45) is -0.0921. The molecule has 0 aromatic heterocycles. The number of anilines is 1. The normalized spacial score (nSPS) is 11.7. The van der Waals surface area contributed by atoms with Crippen LogP contribution in [0, 0.1) is 12.7 Å². The van der Waals surface area contributed by atoms with Crippen LogP contribution < -0.4 is 10.6 Å². The number of benzene rings is 1. The lowest BCUT2D eigenvalue weighted by Crippen LogP contribution is -2.43. The fraction of sp³-hybridized carbons (Fsp3) is 0.333. The standard InChI is InChI=1S/C12H15FN2O4/c1-7-6-8(2-3-9(7)13)14-12(19)15-10(4-5-16)11(17)18/h2-3,6,10,16H,4-5H2,1H3,(H,17,18)(H2,14,15,19). The van der Waals surface area contributed by atoms with Gasteiger partial charge in [0.15, 0.2) is 0 Å². The number of carboxylic acids is 1. The van der Waals surface area contributed by atoms with Crippen LogP contribution in [0.3, 0.4) is 0 Å². The highest BCUT2D eigenvalue weighted by Crippen LogP contribution is 2.13. The quantitative estimate of drug-likeness (QED) is 0.643. The van der Waals surface area contributed by atoms with Crippen molar-refractivity contribution in [2.75, 3.05) is 11.9 Å². The fourth-order valence-corrected chi connectivity index (χ4v) is 1.43. The van der Waals surface area contributed by atoms with Gasteiger partial charge in [-0.25, -0.2) is 14.0 Å². The minimum Gasteiger partial charge on any atom is -0.480 e. The number of carboxylic acid groups (broad SMARTS) is 1. The summed E-state index contributed by atoms with van der Waals surface area (Å²) in [7, 11) is 0. The van der Waals surface area contributed by atoms with Crippen molar-refractivity contribution in [1.29, 1.82) is 0 Å². The van der Waals surface area contributed by atoms with Crippen molar-refractivity contribution in [2.24, 2.45) is 0 Å². The smallest absolute Gasteiger partial charge is 0.326 e. The van der Waals surface area contributed by atoms with Crippen molar-refractivity contribution in [1.82, 2.24) is 5.32 Å². The van der Waals surface area contributed by atoms with Crippen molar-refractivity contribution in [3.63, 3.8) is 0 Å². The van der Waals surface area contributed by atoms with Crippen LogP contribution in [0.25, 0.3) is 0 Å². The summed E-state index contributed by atoms with van der Waals surface area (Å²) >= 11 is 0. The number of carbonyl (C=O) groups is 2. The van der Waals surface area contributed by atoms with Gasteiger partial charge in [0, 0.05) is 18.7 Å². The first-order valence-corrected chi connectivity index (χ1v) is 5.61. The van der Waals surface area contributed by atoms with Gasteiger partial charge in [-0.15, -0.1) is 0 Å². The highest BCUT2D eigenvalue weighted by atomic mass is 19.1. The van der Waals surface area contributed by atoms with Gasteiger partial charge in [-0.3, -0.25) is 0 Å². The highest BCUT2D eigenvalue weighted by Gasteiger charge is 2.19. The number of nitrogens with one attached hydrogen (secondary N) is 2. The molecule has 1 rings (SSSR count). The van der Waals surface area contributed by atoms with E-state index >= 15 is 0 Å². The molecule has 1 aromatic rings. The van der Waals surface area contributed by atoms with Crippen LogP contribution >= 0.6 is 0 Å². The molecule has 1 unspecified atom stereocenters. The molecule has 0 aliphatic carbocycles. The second kappa shape index (κ2) is 6.69. The van der Waals surface area contributed by atoms with E-state index in [2.05, 4.69) is 10.6 Å². The summed E-state index contributed by atoms with van der Waals surface area (Å²) in [5.41, 5.74) is 0.715. The summed E-state index contributed by atoms with van der Waals surface area (Å²) in [6.45, 7) is 1.19. The maximum atomic E-state index is 13.0. The largest absolute Gasteiger partial charge is 0.480 e. The van der Waals surface area contributed by atoms with Gasteiger partial charge in [-0.2, -0.15) is 0 Å². The molecule has 4 N–H and O–H groups in total. The Kier molecular flexibility index (Phi) is 5.25. The van der Waals surface area contributed by atoms with Gasteiger partial charge >= 0.3 is 12.0 Å². The van der Waals surface area contributed by atoms with Crippen LogP contribution in [-0.2, 0) is 4.79 Å². The third-order valence-corrected chi connectivity index (χ3v) is 2.44. The van der Waals surface area contributed by atoms with Crippen molar-refractivity contribution in [3.05, 3.63) is 29.6 Å². The van der Waals surface area contributed by atoms with E-state index in [0.717, 1.165) is 0 Å². The molecule has 0 radical (unpaired) electrons. The van der Waals surface area contributed by atoms with E-state index in [1.165, 1.54) is 18.2 Å². The number of aliphatic carboxylic acids is 1. The maximum Gasteiger partial charge on any atom is 0.326 e. The molecule has 2 amide bonds. The Labute approximate surface area is 109 Å². The second-order valence-corrected chi connectivity index (χ2v) is 3.97. The number of amides is 2. The zero-order valence-electron chi connectivity index (χ0n) is 10.3. The summed E-state index contributed by atoms with van der Waals surface area (Å²) in [5.74, 6) is -1.63. The molecule has 0 fully saturated rings. The van der Waals surface area contributed by atoms with Gasteiger partial charge in [0.2, 0.25) is 0 Å². The lowest BCUT2D eigenvalue weighted by molar-refractivity contribution is -0.139. The predicted octanol–water partition coefficient (Wildman–Crippen LogP) is 1.09. The Balaban J connectivity index is 2.63. The maximum absolute atomic E-state index is 13.0. The summed E-state index contributed by atoms with van der Waals surface area (Å²) in [4.78, 5) is 22.3. The number of rotatable bonds is 5. The van der Waals surface area contributed by atoms with Crippen LogP contribution in [0.1, 0.15) is 12.0 Å². The minimum atomic E-state index is -1.24. The third-order valence-electron chi connectivity index (χ3n) is 2.44. The van der Waals surface area contributed by atoms with E-state index in [1.807, 2.05) is 0 Å². The Hall–Kier alpha value is -2.15. The van der Waals surface area contributed by atoms with Crippen LogP contribution in [-0.4, -0.2) is 34.9 Å². The monoisotopic (exact) mass is 270 g/mol. The van der Waals surface area contributed by atoms with Crippen LogP contribution in [0.2, 0.25) is 0 Å². The number of hydrogen-bond donors (Lipinski definition) is 4. The van der Waals surface area contributed by atoms with Gasteiger partial charge in [-0.1, -0.05) is 0 Å². The van der Waals surface area contributed by atoms with Crippen LogP contribution in [0.5, 0.6) is 0 Å². The number of hydrogen-bond acceptors (Lipinski definition) is 3. The molecule has 0 saturated carbocycles. The van der Waals surface area contributed by atoms with E-state index in [-0.39, 0.29) is 13.0 Å². The summed E-state index contributed by atoms with van der Waals surface area (Å²) < 4.78 is 13.0. The van der Waals surface area contributed by atoms with Crippen LogP contribution in [0.4, 0.5) is 14.9 Å². The van der Waals surface area contributed by atoms with E-state index in [4.69, 9.17) is 10.2 Å². The molecule has 19 heavy (non-hydrogen) atoms. The molecule has 7 heteroatoms. The number of aliphatic hydroxyl groups is 1. The Morgan fingerprint density at radius 1 is 1.42 bits per heavy atom. The van der Waals surface area contributed by atoms with Crippen molar-refractivity contribution in [3.8, 4) is 0 Å². The fourth-order valence-electron chi connectivity index (χ4n) is 1.43. The number of aryl methyl sites for hydroxylation is 1. The Morgan fingerprint density at radius 2 is 2.11 bits per heavy atom. The van der Waals surface area contributed by atoms with Crippen molar-refractivity contribution in [2.45, 2.75) is 19.4 Å². The number of halogens is 1. The Morgan fingerprint density at radius 3 is 2.63 bits per heavy atom. The van der Waals surface area contributed by atoms with Gasteiger partial charge in [0.1, 0.15) is 11.9 Å². The minimum absolute atomic E-state index is 0.0921. The van der Waals surface area contributed by atoms with Crippen molar-refractivity contribution < 1.29 is 24.2 Å². The second-order valence-electron chi connectivity index (χ2n) is 3.97. The predicted molar refractivity (Wildman–Crippen MR) is 66.4 cm³/mol. The average molecular weight is 270 g/mol. The van der Waals surface area contributed by atoms with Gasteiger partial charge < -0.3 is 20.8 Å². The van der Waals surface area contributed by atoms with E-state index in [0.29, 0.717) is 11.3 Å². The first-order valence-electron chi connectivity index (χ1n) is 5.61. The van der Waals surface area contributed by atoms with Gasteiger partial charge in [0.25, 0.3) is 0 Å². The molecule has 0 bridgehead atoms. The van der Waals surface area contributed by atoms with E-state index in [9.17, 15) is 14.0 Å². The van der Waals surface area contributed by atoms with E-state index in [1.54, 1.807) is 6.92 Å². The first-order chi connectivity index (χ1) is 8.93. The zero-order chi connectivity index (χ0) is 14.4. The molecule has 0 saturated heterocycles.